The van der Waals surface area contributed by atoms with Crippen molar-refractivity contribution in [2.75, 3.05) is 0 Å². The van der Waals surface area contributed by atoms with Crippen molar-refractivity contribution in [3.63, 3.8) is 0 Å². The van der Waals surface area contributed by atoms with E-state index in [0.717, 1.165) is 15.4 Å². The lowest BCUT2D eigenvalue weighted by Crippen LogP contribution is -2.45. The number of benzene rings is 2. The third-order valence-electron chi connectivity index (χ3n) is 4.95. The van der Waals surface area contributed by atoms with Gasteiger partial charge in [0.25, 0.3) is 10.0 Å². The maximum atomic E-state index is 13.1. The van der Waals surface area contributed by atoms with Gasteiger partial charge in [0, 0.05) is 6.42 Å². The number of sulfonamides is 1. The second kappa shape index (κ2) is 8.14. The van der Waals surface area contributed by atoms with Gasteiger partial charge in [0.2, 0.25) is 5.91 Å². The van der Waals surface area contributed by atoms with E-state index in [1.165, 1.54) is 12.1 Å². The van der Waals surface area contributed by atoms with Crippen molar-refractivity contribution < 1.29 is 22.7 Å². The first-order valence-corrected chi connectivity index (χ1v) is 10.6. The Morgan fingerprint density at radius 1 is 1.11 bits per heavy atom. The Kier molecular flexibility index (Phi) is 5.84. The highest BCUT2D eigenvalue weighted by Crippen LogP contribution is 2.34. The normalized spacial score (nSPS) is 19.6. The Morgan fingerprint density at radius 3 is 2.36 bits per heavy atom. The summed E-state index contributed by atoms with van der Waals surface area (Å²) in [6, 6.07) is 14.2. The summed E-state index contributed by atoms with van der Waals surface area (Å²) in [7, 11) is -4.14. The van der Waals surface area contributed by atoms with Crippen LogP contribution >= 0.6 is 0 Å². The fraction of sp³-hybridized carbons (Fsp3) is 0.333. The molecule has 1 aliphatic heterocycles. The van der Waals surface area contributed by atoms with Crippen LogP contribution in [0.15, 0.2) is 59.5 Å². The first kappa shape index (κ1) is 20.1. The number of hydrogen-bond acceptors (Lipinski definition) is 5. The van der Waals surface area contributed by atoms with E-state index < -0.39 is 33.9 Å². The molecule has 1 aliphatic rings. The highest BCUT2D eigenvalue weighted by Gasteiger charge is 2.50. The molecule has 2 aromatic carbocycles. The Hall–Kier alpha value is -2.67. The molecule has 148 valence electrons. The molecule has 0 aromatic heterocycles. The lowest BCUT2D eigenvalue weighted by atomic mass is 9.98. The zero-order valence-electron chi connectivity index (χ0n) is 15.9. The van der Waals surface area contributed by atoms with Crippen LogP contribution in [-0.2, 0) is 31.0 Å². The molecule has 2 aromatic rings. The number of ether oxygens (including phenoxy) is 1. The van der Waals surface area contributed by atoms with E-state index in [4.69, 9.17) is 4.74 Å². The van der Waals surface area contributed by atoms with Gasteiger partial charge in [-0.2, -0.15) is 0 Å². The van der Waals surface area contributed by atoms with Crippen LogP contribution in [0, 0.1) is 12.8 Å². The molecule has 0 spiro atoms. The fourth-order valence-electron chi connectivity index (χ4n) is 3.35. The van der Waals surface area contributed by atoms with E-state index in [1.807, 2.05) is 44.2 Å². The second-order valence-corrected chi connectivity index (χ2v) is 8.73. The van der Waals surface area contributed by atoms with Crippen LogP contribution in [0.1, 0.15) is 30.9 Å². The van der Waals surface area contributed by atoms with Crippen molar-refractivity contribution >= 4 is 21.9 Å². The zero-order chi connectivity index (χ0) is 20.3. The molecule has 0 aliphatic carbocycles. The molecule has 2 atom stereocenters. The maximum Gasteiger partial charge on any atom is 0.330 e. The Morgan fingerprint density at radius 2 is 1.75 bits per heavy atom. The van der Waals surface area contributed by atoms with Crippen molar-refractivity contribution in [1.29, 1.82) is 0 Å². The van der Waals surface area contributed by atoms with Crippen LogP contribution in [0.2, 0.25) is 0 Å². The van der Waals surface area contributed by atoms with Gasteiger partial charge in [-0.15, -0.1) is 0 Å². The van der Waals surface area contributed by atoms with E-state index in [-0.39, 0.29) is 17.9 Å². The van der Waals surface area contributed by atoms with Gasteiger partial charge < -0.3 is 4.74 Å². The molecule has 7 heteroatoms. The quantitative estimate of drug-likeness (QED) is 0.695. The minimum atomic E-state index is -4.14. The lowest BCUT2D eigenvalue weighted by Gasteiger charge is -2.25. The van der Waals surface area contributed by atoms with E-state index in [0.29, 0.717) is 6.42 Å². The fourth-order valence-corrected chi connectivity index (χ4v) is 4.96. The molecule has 1 fully saturated rings. The third kappa shape index (κ3) is 3.94. The number of amides is 1. The summed E-state index contributed by atoms with van der Waals surface area (Å²) in [6.07, 6.45) is 0.503. The van der Waals surface area contributed by atoms with E-state index >= 15 is 0 Å². The van der Waals surface area contributed by atoms with Gasteiger partial charge in [-0.3, -0.25) is 4.79 Å². The number of rotatable bonds is 6. The Balaban J connectivity index is 1.88. The molecule has 1 amide bonds. The van der Waals surface area contributed by atoms with Gasteiger partial charge in [-0.25, -0.2) is 17.5 Å². The van der Waals surface area contributed by atoms with E-state index in [2.05, 4.69) is 0 Å². The molecule has 0 bridgehead atoms. The van der Waals surface area contributed by atoms with Gasteiger partial charge in [0.15, 0.2) is 0 Å². The largest absolute Gasteiger partial charge is 0.459 e. The molecule has 1 heterocycles. The third-order valence-corrected chi connectivity index (χ3v) is 6.77. The summed E-state index contributed by atoms with van der Waals surface area (Å²) in [6.45, 7) is 3.70. The van der Waals surface area contributed by atoms with Gasteiger partial charge in [-0.1, -0.05) is 61.4 Å². The second-order valence-electron chi connectivity index (χ2n) is 6.92. The van der Waals surface area contributed by atoms with Gasteiger partial charge in [0.05, 0.1) is 4.90 Å². The van der Waals surface area contributed by atoms with Crippen LogP contribution in [-0.4, -0.2) is 30.6 Å². The van der Waals surface area contributed by atoms with Crippen molar-refractivity contribution in [1.82, 2.24) is 4.31 Å². The number of nitrogens with zero attached hydrogens (tertiary/aromatic N) is 1. The molecule has 6 nitrogen and oxygen atoms in total. The first-order chi connectivity index (χ1) is 13.3. The predicted octanol–water partition coefficient (Wildman–Crippen LogP) is 3.05. The van der Waals surface area contributed by atoms with Crippen LogP contribution in [0.4, 0.5) is 0 Å². The summed E-state index contributed by atoms with van der Waals surface area (Å²) in [5, 5.41) is 0. The van der Waals surface area contributed by atoms with Crippen LogP contribution < -0.4 is 0 Å². The summed E-state index contributed by atoms with van der Waals surface area (Å²) in [4.78, 5) is 25.3. The van der Waals surface area contributed by atoms with Crippen molar-refractivity contribution in [2.45, 2.75) is 44.2 Å². The SMILES string of the molecule is CC[C@@H]1CC(=O)N(S(=O)(=O)c2ccc(C)cc2)[C@H]1C(=O)OCc1ccccc1. The topological polar surface area (TPSA) is 80.8 Å². The maximum absolute atomic E-state index is 13.1. The lowest BCUT2D eigenvalue weighted by molar-refractivity contribution is -0.151. The summed E-state index contributed by atoms with van der Waals surface area (Å²) in [5.74, 6) is -1.68. The van der Waals surface area contributed by atoms with Crippen LogP contribution in [0.5, 0.6) is 0 Å². The van der Waals surface area contributed by atoms with E-state index in [9.17, 15) is 18.0 Å². The number of aryl methyl sites for hydroxylation is 1. The van der Waals surface area contributed by atoms with Gasteiger partial charge >= 0.3 is 5.97 Å². The summed E-state index contributed by atoms with van der Waals surface area (Å²) in [5.41, 5.74) is 1.69. The number of esters is 1. The number of carbonyl (C=O) groups excluding carboxylic acids is 2. The van der Waals surface area contributed by atoms with Crippen molar-refractivity contribution in [3.8, 4) is 0 Å². The molecule has 3 rings (SSSR count). The van der Waals surface area contributed by atoms with Gasteiger partial charge in [-0.05, 0) is 30.5 Å². The highest BCUT2D eigenvalue weighted by molar-refractivity contribution is 7.89. The molecular weight excluding hydrogens is 378 g/mol. The predicted molar refractivity (Wildman–Crippen MR) is 104 cm³/mol. The molecular formula is C21H23NO5S. The molecule has 28 heavy (non-hydrogen) atoms. The van der Waals surface area contributed by atoms with Crippen molar-refractivity contribution in [3.05, 3.63) is 65.7 Å². The van der Waals surface area contributed by atoms with Crippen molar-refractivity contribution in [2.24, 2.45) is 5.92 Å². The molecule has 0 radical (unpaired) electrons. The first-order valence-electron chi connectivity index (χ1n) is 9.19. The average molecular weight is 401 g/mol. The summed E-state index contributed by atoms with van der Waals surface area (Å²) >= 11 is 0. The molecule has 0 saturated carbocycles. The molecule has 1 saturated heterocycles. The molecule has 0 N–H and O–H groups in total. The highest BCUT2D eigenvalue weighted by atomic mass is 32.2. The Bertz CT molecular complexity index is 954. The van der Waals surface area contributed by atoms with Crippen LogP contribution in [0.25, 0.3) is 0 Å². The van der Waals surface area contributed by atoms with E-state index in [1.54, 1.807) is 12.1 Å². The average Bonchev–Trinajstić information content (AvgIpc) is 3.04. The molecule has 0 unspecified atom stereocenters. The zero-order valence-corrected chi connectivity index (χ0v) is 16.7. The standard InChI is InChI=1S/C21H23NO5S/c1-3-17-13-19(23)22(28(25,26)18-11-9-15(2)10-12-18)20(17)21(24)27-14-16-7-5-4-6-8-16/h4-12,17,20H,3,13-14H2,1-2H3/t17-,20-/m1/s1. The monoisotopic (exact) mass is 401 g/mol. The van der Waals surface area contributed by atoms with Gasteiger partial charge in [0.1, 0.15) is 12.6 Å². The minimum Gasteiger partial charge on any atom is -0.459 e. The number of carbonyl (C=O) groups is 2. The minimum absolute atomic E-state index is 0.00664. The summed E-state index contributed by atoms with van der Waals surface area (Å²) < 4.78 is 32.3. The smallest absolute Gasteiger partial charge is 0.330 e. The Labute approximate surface area is 165 Å². The number of hydrogen-bond donors (Lipinski definition) is 0. The van der Waals surface area contributed by atoms with Crippen LogP contribution in [0.3, 0.4) is 0 Å².